The number of nitrogens with zero attached hydrogens (tertiary/aromatic N) is 1. The first-order valence-corrected chi connectivity index (χ1v) is 7.26. The molecule has 21 heavy (non-hydrogen) atoms. The van der Waals surface area contributed by atoms with Crippen LogP contribution in [-0.2, 0) is 9.53 Å². The van der Waals surface area contributed by atoms with E-state index < -0.39 is 23.6 Å². The molecular formula is C14H15BrF2N2O2. The Morgan fingerprint density at radius 1 is 1.48 bits per heavy atom. The lowest BCUT2D eigenvalue weighted by atomic mass is 9.81. The minimum absolute atomic E-state index is 0.0481. The van der Waals surface area contributed by atoms with Crippen molar-refractivity contribution in [2.75, 3.05) is 12.4 Å². The number of anilines is 1. The van der Waals surface area contributed by atoms with E-state index in [1.54, 1.807) is 6.08 Å². The monoisotopic (exact) mass is 360 g/mol. The molecule has 0 aromatic carbocycles. The second-order valence-electron chi connectivity index (χ2n) is 4.95. The van der Waals surface area contributed by atoms with Crippen LogP contribution in [0.2, 0.25) is 0 Å². The van der Waals surface area contributed by atoms with Crippen LogP contribution in [0.5, 0.6) is 0 Å². The molecule has 0 aliphatic heterocycles. The van der Waals surface area contributed by atoms with Gasteiger partial charge in [-0.05, 0) is 28.3 Å². The predicted octanol–water partition coefficient (Wildman–Crippen LogP) is 3.29. The molecule has 0 amide bonds. The number of carbonyl (C=O) groups is 1. The van der Waals surface area contributed by atoms with E-state index in [9.17, 15) is 13.6 Å². The fourth-order valence-corrected chi connectivity index (χ4v) is 2.71. The molecule has 0 saturated heterocycles. The fraction of sp³-hybridized carbons (Fsp3) is 0.429. The topological polar surface area (TPSA) is 51.2 Å². The first kappa shape index (κ1) is 15.9. The van der Waals surface area contributed by atoms with Crippen molar-refractivity contribution in [2.24, 2.45) is 11.8 Å². The largest absolute Gasteiger partial charge is 0.469 e. The molecule has 2 rings (SSSR count). The standard InChI is InChI=1S/C14H15BrF2N2O2/c1-7-4-3-5-10(11(7)14(20)21-2)18-13-9(17)6-8(16)12(15)19-13/h3,5-7,10-11H,4H2,1-2H3,(H,18,19)/t7?,10?,11-/m0/s1. The fourth-order valence-electron chi connectivity index (χ4n) is 2.42. The predicted molar refractivity (Wildman–Crippen MR) is 77.7 cm³/mol. The summed E-state index contributed by atoms with van der Waals surface area (Å²) in [6, 6.07) is 0.281. The van der Waals surface area contributed by atoms with Crippen molar-refractivity contribution in [3.63, 3.8) is 0 Å². The third kappa shape index (κ3) is 3.40. The molecule has 1 aromatic rings. The number of methoxy groups -OCH3 is 1. The first-order valence-electron chi connectivity index (χ1n) is 6.46. The lowest BCUT2D eigenvalue weighted by Gasteiger charge is -2.31. The number of esters is 1. The van der Waals surface area contributed by atoms with Crippen molar-refractivity contribution >= 4 is 27.7 Å². The van der Waals surface area contributed by atoms with E-state index >= 15 is 0 Å². The number of hydrogen-bond acceptors (Lipinski definition) is 4. The van der Waals surface area contributed by atoms with Gasteiger partial charge in [-0.25, -0.2) is 13.8 Å². The molecular weight excluding hydrogens is 346 g/mol. The molecule has 0 radical (unpaired) electrons. The summed E-state index contributed by atoms with van der Waals surface area (Å²) in [6.45, 7) is 1.92. The van der Waals surface area contributed by atoms with E-state index in [4.69, 9.17) is 4.74 Å². The number of nitrogens with one attached hydrogen (secondary N) is 1. The summed E-state index contributed by atoms with van der Waals surface area (Å²) in [5.41, 5.74) is 0. The lowest BCUT2D eigenvalue weighted by Crippen LogP contribution is -2.40. The molecule has 0 saturated carbocycles. The number of pyridine rings is 1. The third-order valence-corrected chi connectivity index (χ3v) is 4.07. The maximum Gasteiger partial charge on any atom is 0.311 e. The van der Waals surface area contributed by atoms with Gasteiger partial charge in [0.25, 0.3) is 0 Å². The molecule has 1 N–H and O–H groups in total. The molecule has 3 atom stereocenters. The van der Waals surface area contributed by atoms with Crippen molar-refractivity contribution in [3.8, 4) is 0 Å². The van der Waals surface area contributed by atoms with E-state index in [1.165, 1.54) is 7.11 Å². The Labute approximate surface area is 129 Å². The molecule has 2 unspecified atom stereocenters. The number of halogens is 3. The molecule has 1 heterocycles. The number of rotatable bonds is 3. The zero-order valence-electron chi connectivity index (χ0n) is 11.6. The Morgan fingerprint density at radius 3 is 2.86 bits per heavy atom. The summed E-state index contributed by atoms with van der Waals surface area (Å²) in [7, 11) is 1.32. The molecule has 0 bridgehead atoms. The Kier molecular flexibility index (Phi) is 4.92. The van der Waals surface area contributed by atoms with Crippen LogP contribution in [0.1, 0.15) is 13.3 Å². The molecule has 4 nitrogen and oxygen atoms in total. The van der Waals surface area contributed by atoms with Gasteiger partial charge in [0.1, 0.15) is 4.60 Å². The zero-order valence-corrected chi connectivity index (χ0v) is 13.2. The van der Waals surface area contributed by atoms with E-state index in [0.29, 0.717) is 0 Å². The van der Waals surface area contributed by atoms with Gasteiger partial charge in [-0.3, -0.25) is 4.79 Å². The lowest BCUT2D eigenvalue weighted by molar-refractivity contribution is -0.147. The summed E-state index contributed by atoms with van der Waals surface area (Å²) < 4.78 is 31.7. The quantitative estimate of drug-likeness (QED) is 0.510. The zero-order chi connectivity index (χ0) is 15.6. The molecule has 1 aliphatic rings. The van der Waals surface area contributed by atoms with Gasteiger partial charge in [-0.2, -0.15) is 0 Å². The van der Waals surface area contributed by atoms with Crippen LogP contribution in [0.4, 0.5) is 14.6 Å². The van der Waals surface area contributed by atoms with Crippen LogP contribution < -0.4 is 5.32 Å². The summed E-state index contributed by atoms with van der Waals surface area (Å²) >= 11 is 2.91. The average molecular weight is 361 g/mol. The Bertz CT molecular complexity index is 580. The molecule has 1 aliphatic carbocycles. The smallest absolute Gasteiger partial charge is 0.311 e. The minimum Gasteiger partial charge on any atom is -0.469 e. The summed E-state index contributed by atoms with van der Waals surface area (Å²) in [5.74, 6) is -2.48. The first-order chi connectivity index (χ1) is 9.93. The van der Waals surface area contributed by atoms with E-state index in [1.807, 2.05) is 13.0 Å². The highest BCUT2D eigenvalue weighted by Crippen LogP contribution is 2.29. The van der Waals surface area contributed by atoms with Gasteiger partial charge in [0.05, 0.1) is 19.1 Å². The van der Waals surface area contributed by atoms with Crippen molar-refractivity contribution in [3.05, 3.63) is 34.5 Å². The normalized spacial score (nSPS) is 24.7. The number of ether oxygens (including phenoxy) is 1. The number of hydrogen-bond donors (Lipinski definition) is 1. The van der Waals surface area contributed by atoms with Crippen molar-refractivity contribution in [1.82, 2.24) is 4.98 Å². The van der Waals surface area contributed by atoms with E-state index in [2.05, 4.69) is 26.2 Å². The molecule has 0 fully saturated rings. The number of carbonyl (C=O) groups excluding carboxylic acids is 1. The van der Waals surface area contributed by atoms with Crippen LogP contribution >= 0.6 is 15.9 Å². The van der Waals surface area contributed by atoms with E-state index in [0.717, 1.165) is 12.5 Å². The van der Waals surface area contributed by atoms with Crippen LogP contribution in [0, 0.1) is 23.5 Å². The summed E-state index contributed by atoms with van der Waals surface area (Å²) in [4.78, 5) is 15.7. The van der Waals surface area contributed by atoms with Gasteiger partial charge >= 0.3 is 5.97 Å². The second kappa shape index (κ2) is 6.51. The van der Waals surface area contributed by atoms with Crippen LogP contribution in [0.15, 0.2) is 22.8 Å². The minimum atomic E-state index is -0.814. The van der Waals surface area contributed by atoms with Gasteiger partial charge in [-0.15, -0.1) is 0 Å². The highest BCUT2D eigenvalue weighted by Gasteiger charge is 2.35. The molecule has 7 heteroatoms. The number of aromatic nitrogens is 1. The average Bonchev–Trinajstić information content (AvgIpc) is 2.44. The summed E-state index contributed by atoms with van der Waals surface area (Å²) in [5, 5.41) is 2.84. The molecule has 1 aromatic heterocycles. The Morgan fingerprint density at radius 2 is 2.19 bits per heavy atom. The third-order valence-electron chi connectivity index (χ3n) is 3.51. The van der Waals surface area contributed by atoms with Crippen molar-refractivity contribution in [1.29, 1.82) is 0 Å². The van der Waals surface area contributed by atoms with Gasteiger partial charge < -0.3 is 10.1 Å². The van der Waals surface area contributed by atoms with E-state index in [-0.39, 0.29) is 22.3 Å². The number of allylic oxidation sites excluding steroid dienone is 1. The Balaban J connectivity index is 2.28. The van der Waals surface area contributed by atoms with Crippen LogP contribution in [-0.4, -0.2) is 24.1 Å². The maximum absolute atomic E-state index is 13.8. The van der Waals surface area contributed by atoms with Gasteiger partial charge in [0, 0.05) is 6.07 Å². The van der Waals surface area contributed by atoms with Gasteiger partial charge in [0.15, 0.2) is 17.5 Å². The summed E-state index contributed by atoms with van der Waals surface area (Å²) in [6.07, 6.45) is 4.43. The maximum atomic E-state index is 13.8. The Hall–Kier alpha value is -1.50. The second-order valence-corrected chi connectivity index (χ2v) is 5.70. The van der Waals surface area contributed by atoms with Crippen LogP contribution in [0.25, 0.3) is 0 Å². The van der Waals surface area contributed by atoms with Crippen molar-refractivity contribution in [2.45, 2.75) is 19.4 Å². The SMILES string of the molecule is COC(=O)[C@H]1C(C)CC=CC1Nc1nc(Br)c(F)cc1F. The molecule has 114 valence electrons. The van der Waals surface area contributed by atoms with Crippen LogP contribution in [0.3, 0.4) is 0 Å². The highest BCUT2D eigenvalue weighted by atomic mass is 79.9. The highest BCUT2D eigenvalue weighted by molar-refractivity contribution is 9.10. The van der Waals surface area contributed by atoms with Crippen molar-refractivity contribution < 1.29 is 18.3 Å². The van der Waals surface area contributed by atoms with Gasteiger partial charge in [0.2, 0.25) is 0 Å². The van der Waals surface area contributed by atoms with Gasteiger partial charge in [-0.1, -0.05) is 19.1 Å². The molecule has 0 spiro atoms.